The van der Waals surface area contributed by atoms with E-state index in [0.717, 1.165) is 0 Å². The van der Waals surface area contributed by atoms with Crippen LogP contribution in [-0.4, -0.2) is 27.2 Å². The summed E-state index contributed by atoms with van der Waals surface area (Å²) in [5, 5.41) is 29.2. The van der Waals surface area contributed by atoms with E-state index in [9.17, 15) is 20.0 Å². The van der Waals surface area contributed by atoms with Gasteiger partial charge in [0.15, 0.2) is 0 Å². The standard InChI is InChI=1S/C19H15N5O4S/c1-11(25)22-14-9-5-3-7-12(14)16-17(26)20-19(29-2)21-23(16)18(22)13-8-4-6-10-15(13)24(27)28/h3-10,18H,1-2H3. The van der Waals surface area contributed by atoms with Crippen LogP contribution < -0.4 is 14.7 Å². The van der Waals surface area contributed by atoms with Crippen molar-refractivity contribution in [2.24, 2.45) is 0 Å². The topological polar surface area (TPSA) is 116 Å². The molecule has 9 nitrogen and oxygen atoms in total. The number of anilines is 1. The minimum atomic E-state index is -0.999. The first-order chi connectivity index (χ1) is 13.9. The minimum Gasteiger partial charge on any atom is -0.854 e. The predicted molar refractivity (Wildman–Crippen MR) is 103 cm³/mol. The number of rotatable bonds is 3. The number of nitrogens with zero attached hydrogens (tertiary/aromatic N) is 5. The number of nitro groups is 1. The highest BCUT2D eigenvalue weighted by Crippen LogP contribution is 2.42. The summed E-state index contributed by atoms with van der Waals surface area (Å²) in [4.78, 5) is 29.3. The van der Waals surface area contributed by atoms with Crippen molar-refractivity contribution in [1.29, 1.82) is 0 Å². The minimum absolute atomic E-state index is 0.168. The second-order valence-corrected chi connectivity index (χ2v) is 7.07. The fourth-order valence-corrected chi connectivity index (χ4v) is 3.86. The van der Waals surface area contributed by atoms with E-state index >= 15 is 0 Å². The molecule has 1 unspecified atom stereocenters. The van der Waals surface area contributed by atoms with Gasteiger partial charge < -0.3 is 5.11 Å². The van der Waals surface area contributed by atoms with Gasteiger partial charge in [0.05, 0.1) is 22.1 Å². The molecule has 0 N–H and O–H groups in total. The molecule has 0 spiro atoms. The van der Waals surface area contributed by atoms with Crippen molar-refractivity contribution < 1.29 is 19.5 Å². The summed E-state index contributed by atoms with van der Waals surface area (Å²) in [5.74, 6) is -0.848. The Morgan fingerprint density at radius 3 is 2.59 bits per heavy atom. The van der Waals surface area contributed by atoms with E-state index in [-0.39, 0.29) is 28.0 Å². The molecule has 3 aromatic rings. The van der Waals surface area contributed by atoms with Crippen LogP contribution >= 0.6 is 11.8 Å². The van der Waals surface area contributed by atoms with E-state index in [1.54, 1.807) is 48.7 Å². The molecule has 0 aliphatic carbocycles. The van der Waals surface area contributed by atoms with E-state index in [1.807, 2.05) is 0 Å². The lowest BCUT2D eigenvalue weighted by Gasteiger charge is -2.32. The average molecular weight is 409 g/mol. The number of fused-ring (bicyclic) bond motifs is 3. The number of amides is 1. The highest BCUT2D eigenvalue weighted by molar-refractivity contribution is 7.98. The number of thioether (sulfide) groups is 1. The lowest BCUT2D eigenvalue weighted by molar-refractivity contribution is -0.764. The van der Waals surface area contributed by atoms with Gasteiger partial charge in [-0.1, -0.05) is 40.7 Å². The van der Waals surface area contributed by atoms with E-state index in [1.165, 1.54) is 34.3 Å². The number of carbonyl (C=O) groups is 1. The maximum Gasteiger partial charge on any atom is 0.299 e. The van der Waals surface area contributed by atoms with E-state index < -0.39 is 17.0 Å². The quantitative estimate of drug-likeness (QED) is 0.281. The first kappa shape index (κ1) is 18.8. The second kappa shape index (κ2) is 7.13. The normalized spacial score (nSPS) is 14.8. The second-order valence-electron chi connectivity index (χ2n) is 6.29. The lowest BCUT2D eigenvalue weighted by atomic mass is 10.0. The summed E-state index contributed by atoms with van der Waals surface area (Å²) in [7, 11) is 0. The molecule has 2 heterocycles. The molecule has 146 valence electrons. The summed E-state index contributed by atoms with van der Waals surface area (Å²) >= 11 is 1.17. The van der Waals surface area contributed by atoms with Crippen molar-refractivity contribution in [1.82, 2.24) is 10.1 Å². The van der Waals surface area contributed by atoms with Gasteiger partial charge in [0, 0.05) is 18.1 Å². The van der Waals surface area contributed by atoms with E-state index in [0.29, 0.717) is 11.3 Å². The van der Waals surface area contributed by atoms with Crippen LogP contribution in [0.5, 0.6) is 5.88 Å². The maximum absolute atomic E-state index is 12.9. The van der Waals surface area contributed by atoms with Gasteiger partial charge in [-0.25, -0.2) is 9.88 Å². The predicted octanol–water partition coefficient (Wildman–Crippen LogP) is 2.05. The van der Waals surface area contributed by atoms with Crippen molar-refractivity contribution >= 4 is 29.0 Å². The Labute approximate surface area is 169 Å². The number of benzene rings is 2. The molecule has 1 amide bonds. The van der Waals surface area contributed by atoms with Crippen molar-refractivity contribution in [2.75, 3.05) is 11.2 Å². The smallest absolute Gasteiger partial charge is 0.299 e. The Balaban J connectivity index is 2.12. The zero-order valence-electron chi connectivity index (χ0n) is 15.5. The van der Waals surface area contributed by atoms with E-state index in [4.69, 9.17) is 0 Å². The average Bonchev–Trinajstić information content (AvgIpc) is 2.71. The van der Waals surface area contributed by atoms with Gasteiger partial charge in [0.2, 0.25) is 5.91 Å². The fraction of sp³-hybridized carbons (Fsp3) is 0.158. The molecule has 0 radical (unpaired) electrons. The summed E-state index contributed by atoms with van der Waals surface area (Å²) in [6.45, 7) is 1.37. The SMILES string of the molecule is CSc1nc([O-])c2[n+](n1)C(c1ccccc1[N+](=O)[O-])N(C(C)=O)c1ccccc1-2. The maximum atomic E-state index is 12.9. The van der Waals surface area contributed by atoms with Gasteiger partial charge in [-0.05, 0) is 24.5 Å². The monoisotopic (exact) mass is 409 g/mol. The Bertz CT molecular complexity index is 1150. The Morgan fingerprint density at radius 1 is 1.21 bits per heavy atom. The summed E-state index contributed by atoms with van der Waals surface area (Å²) in [5.41, 5.74) is 1.23. The summed E-state index contributed by atoms with van der Waals surface area (Å²) in [6, 6.07) is 13.0. The third-order valence-corrected chi connectivity index (χ3v) is 5.19. The lowest BCUT2D eigenvalue weighted by Crippen LogP contribution is -2.58. The Morgan fingerprint density at radius 2 is 1.90 bits per heavy atom. The number of hydrogen-bond donors (Lipinski definition) is 0. The van der Waals surface area contributed by atoms with Crippen LogP contribution in [0.25, 0.3) is 11.3 Å². The number of hydrogen-bond acceptors (Lipinski definition) is 7. The van der Waals surface area contributed by atoms with Crippen molar-refractivity contribution in [3.8, 4) is 17.1 Å². The highest BCUT2D eigenvalue weighted by Gasteiger charge is 2.46. The summed E-state index contributed by atoms with van der Waals surface area (Å²) in [6.07, 6.45) is 0.724. The van der Waals surface area contributed by atoms with E-state index in [2.05, 4.69) is 10.1 Å². The Hall–Kier alpha value is -3.53. The van der Waals surface area contributed by atoms with Crippen LogP contribution in [0.2, 0.25) is 0 Å². The molecule has 1 atom stereocenters. The number of carbonyl (C=O) groups excluding carboxylic acids is 1. The van der Waals surface area contributed by atoms with Crippen LogP contribution in [0.4, 0.5) is 11.4 Å². The fourth-order valence-electron chi connectivity index (χ4n) is 3.51. The molecule has 10 heteroatoms. The van der Waals surface area contributed by atoms with Crippen molar-refractivity contribution in [2.45, 2.75) is 18.2 Å². The third-order valence-electron chi connectivity index (χ3n) is 4.65. The van der Waals surface area contributed by atoms with Gasteiger partial charge in [-0.15, -0.1) is 0 Å². The first-order valence-corrected chi connectivity index (χ1v) is 9.84. The molecular weight excluding hydrogens is 394 g/mol. The van der Waals surface area contributed by atoms with Gasteiger partial charge >= 0.3 is 0 Å². The van der Waals surface area contributed by atoms with Gasteiger partial charge in [0.1, 0.15) is 5.56 Å². The molecule has 29 heavy (non-hydrogen) atoms. The Kier molecular flexibility index (Phi) is 4.63. The molecule has 2 aromatic carbocycles. The molecule has 0 fully saturated rings. The summed E-state index contributed by atoms with van der Waals surface area (Å²) < 4.78 is 1.37. The molecule has 0 saturated heterocycles. The van der Waals surface area contributed by atoms with Crippen LogP contribution in [0.1, 0.15) is 18.7 Å². The zero-order chi connectivity index (χ0) is 20.7. The zero-order valence-corrected chi connectivity index (χ0v) is 16.3. The molecular formula is C19H15N5O4S. The number of nitro benzene ring substituents is 1. The molecule has 0 bridgehead atoms. The molecule has 0 saturated carbocycles. The van der Waals surface area contributed by atoms with Crippen molar-refractivity contribution in [3.05, 3.63) is 64.2 Å². The largest absolute Gasteiger partial charge is 0.854 e. The third kappa shape index (κ3) is 2.97. The molecule has 4 rings (SSSR count). The van der Waals surface area contributed by atoms with Crippen LogP contribution in [0, 0.1) is 10.1 Å². The van der Waals surface area contributed by atoms with Gasteiger partial charge in [0.25, 0.3) is 22.7 Å². The molecule has 1 aliphatic rings. The van der Waals surface area contributed by atoms with Crippen LogP contribution in [0.15, 0.2) is 53.7 Å². The van der Waals surface area contributed by atoms with Gasteiger partial charge in [-0.3, -0.25) is 14.9 Å². The highest BCUT2D eigenvalue weighted by atomic mass is 32.2. The van der Waals surface area contributed by atoms with Gasteiger partial charge in [-0.2, -0.15) is 0 Å². The van der Waals surface area contributed by atoms with Crippen LogP contribution in [-0.2, 0) is 4.79 Å². The molecule has 1 aromatic heterocycles. The number of para-hydroxylation sites is 2. The number of aromatic nitrogens is 3. The van der Waals surface area contributed by atoms with Crippen molar-refractivity contribution in [3.63, 3.8) is 0 Å². The van der Waals surface area contributed by atoms with Crippen LogP contribution in [0.3, 0.4) is 0 Å². The molecule has 1 aliphatic heterocycles. The first-order valence-electron chi connectivity index (χ1n) is 8.61.